The van der Waals surface area contributed by atoms with Gasteiger partial charge in [-0.1, -0.05) is 36.6 Å². The van der Waals surface area contributed by atoms with Crippen molar-refractivity contribution in [3.63, 3.8) is 0 Å². The van der Waals surface area contributed by atoms with Crippen LogP contribution in [0.15, 0.2) is 57.8 Å². The monoisotopic (exact) mass is 397 g/mol. The molecule has 0 aliphatic carbocycles. The van der Waals surface area contributed by atoms with E-state index < -0.39 is 0 Å². The number of carbonyl (C=O) groups excluding carboxylic acids is 1. The van der Waals surface area contributed by atoms with Gasteiger partial charge in [0.1, 0.15) is 5.75 Å². The first-order chi connectivity index (χ1) is 13.7. The van der Waals surface area contributed by atoms with E-state index in [4.69, 9.17) is 9.15 Å². The van der Waals surface area contributed by atoms with E-state index in [2.05, 4.69) is 34.6 Å². The van der Waals surface area contributed by atoms with E-state index in [1.165, 1.54) is 4.90 Å². The van der Waals surface area contributed by atoms with Crippen LogP contribution in [0, 0.1) is 0 Å². The number of nitrogens with zero attached hydrogens (tertiary/aromatic N) is 2. The molecule has 28 heavy (non-hydrogen) atoms. The number of thioether (sulfide) groups is 1. The molecule has 0 aliphatic heterocycles. The third kappa shape index (κ3) is 5.60. The summed E-state index contributed by atoms with van der Waals surface area (Å²) >= 11 is 1.69. The summed E-state index contributed by atoms with van der Waals surface area (Å²) in [6.07, 6.45) is 4.58. The van der Waals surface area contributed by atoms with Crippen LogP contribution in [0.1, 0.15) is 41.6 Å². The highest BCUT2D eigenvalue weighted by molar-refractivity contribution is 7.98. The lowest BCUT2D eigenvalue weighted by Crippen LogP contribution is -2.12. The van der Waals surface area contributed by atoms with Crippen LogP contribution >= 0.6 is 11.8 Å². The maximum atomic E-state index is 12.4. The van der Waals surface area contributed by atoms with Crippen LogP contribution < -0.4 is 10.1 Å². The Bertz CT molecular complexity index is 909. The highest BCUT2D eigenvalue weighted by atomic mass is 32.2. The molecular weight excluding hydrogens is 374 g/mol. The van der Waals surface area contributed by atoms with Crippen molar-refractivity contribution in [1.29, 1.82) is 0 Å². The van der Waals surface area contributed by atoms with Crippen molar-refractivity contribution in [2.75, 3.05) is 18.2 Å². The lowest BCUT2D eigenvalue weighted by molar-refractivity contribution is 0.102. The second-order valence-corrected chi connectivity index (χ2v) is 7.09. The minimum Gasteiger partial charge on any atom is -0.494 e. The summed E-state index contributed by atoms with van der Waals surface area (Å²) in [5.74, 6) is 0.797. The quantitative estimate of drug-likeness (QED) is 0.412. The molecule has 6 nitrogen and oxygen atoms in total. The molecule has 7 heteroatoms. The highest BCUT2D eigenvalue weighted by Crippen LogP contribution is 2.18. The van der Waals surface area contributed by atoms with Crippen molar-refractivity contribution >= 4 is 23.7 Å². The largest absolute Gasteiger partial charge is 0.494 e. The van der Waals surface area contributed by atoms with Crippen molar-refractivity contribution in [3.05, 3.63) is 65.5 Å². The van der Waals surface area contributed by atoms with Gasteiger partial charge in [0.25, 0.3) is 5.91 Å². The minimum absolute atomic E-state index is 0.0815. The molecule has 1 aromatic heterocycles. The average Bonchev–Trinajstić information content (AvgIpc) is 3.15. The molecule has 1 heterocycles. The fourth-order valence-corrected chi connectivity index (χ4v) is 2.93. The molecule has 0 spiro atoms. The minimum atomic E-state index is -0.319. The third-order valence-corrected chi connectivity index (χ3v) is 4.81. The van der Waals surface area contributed by atoms with Crippen molar-refractivity contribution in [1.82, 2.24) is 10.2 Å². The summed E-state index contributed by atoms with van der Waals surface area (Å²) < 4.78 is 11.2. The normalized spacial score (nSPS) is 10.6. The van der Waals surface area contributed by atoms with Gasteiger partial charge in [-0.05, 0) is 48.6 Å². The summed E-state index contributed by atoms with van der Waals surface area (Å²) in [5.41, 5.74) is 1.54. The van der Waals surface area contributed by atoms with E-state index >= 15 is 0 Å². The van der Waals surface area contributed by atoms with Gasteiger partial charge in [-0.25, -0.2) is 0 Å². The standard InChI is InChI=1S/C21H23N3O3S/c1-3-4-12-26-17-7-5-6-16(14-17)20(25)22-21-24-23-19(27-21)13-15-8-10-18(28-2)11-9-15/h5-11,14H,3-4,12-13H2,1-2H3,(H,22,24,25). The second kappa shape index (κ2) is 9.94. The molecule has 2 aromatic carbocycles. The zero-order valence-corrected chi connectivity index (χ0v) is 16.8. The highest BCUT2D eigenvalue weighted by Gasteiger charge is 2.13. The van der Waals surface area contributed by atoms with Gasteiger partial charge in [-0.3, -0.25) is 10.1 Å². The Kier molecular flexibility index (Phi) is 7.08. The molecule has 146 valence electrons. The van der Waals surface area contributed by atoms with Crippen molar-refractivity contribution in [2.24, 2.45) is 0 Å². The topological polar surface area (TPSA) is 77.2 Å². The number of carbonyl (C=O) groups is 1. The Hall–Kier alpha value is -2.80. The SMILES string of the molecule is CCCCOc1cccc(C(=O)Nc2nnc(Cc3ccc(SC)cc3)o2)c1. The number of amides is 1. The Morgan fingerprint density at radius 1 is 1.18 bits per heavy atom. The second-order valence-electron chi connectivity index (χ2n) is 6.21. The number of rotatable bonds is 9. The molecule has 0 radical (unpaired) electrons. The molecule has 1 amide bonds. The Morgan fingerprint density at radius 3 is 2.75 bits per heavy atom. The van der Waals surface area contributed by atoms with Gasteiger partial charge < -0.3 is 9.15 Å². The first kappa shape index (κ1) is 19.9. The molecule has 0 aliphatic rings. The smallest absolute Gasteiger partial charge is 0.322 e. The number of hydrogen-bond acceptors (Lipinski definition) is 6. The fourth-order valence-electron chi connectivity index (χ4n) is 2.52. The number of ether oxygens (including phenoxy) is 1. The van der Waals surface area contributed by atoms with E-state index in [-0.39, 0.29) is 11.9 Å². The van der Waals surface area contributed by atoms with Gasteiger partial charge >= 0.3 is 6.01 Å². The van der Waals surface area contributed by atoms with Crippen LogP contribution in [0.4, 0.5) is 6.01 Å². The lowest BCUT2D eigenvalue weighted by Gasteiger charge is -2.07. The summed E-state index contributed by atoms with van der Waals surface area (Å²) in [6.45, 7) is 2.73. The van der Waals surface area contributed by atoms with E-state index in [1.807, 2.05) is 24.5 Å². The van der Waals surface area contributed by atoms with Crippen molar-refractivity contribution in [2.45, 2.75) is 31.1 Å². The van der Waals surface area contributed by atoms with Gasteiger partial charge in [-0.15, -0.1) is 16.9 Å². The summed E-state index contributed by atoms with van der Waals surface area (Å²) in [6, 6.07) is 15.3. The van der Waals surface area contributed by atoms with Crippen LogP contribution in [-0.4, -0.2) is 29.0 Å². The summed E-state index contributed by atoms with van der Waals surface area (Å²) in [7, 11) is 0. The number of aromatic nitrogens is 2. The molecule has 0 unspecified atom stereocenters. The molecule has 1 N–H and O–H groups in total. The molecule has 3 aromatic rings. The molecule has 0 saturated heterocycles. The average molecular weight is 398 g/mol. The Balaban J connectivity index is 1.59. The first-order valence-electron chi connectivity index (χ1n) is 9.17. The van der Waals surface area contributed by atoms with Gasteiger partial charge in [0.15, 0.2) is 0 Å². The summed E-state index contributed by atoms with van der Waals surface area (Å²) in [5, 5.41) is 10.6. The van der Waals surface area contributed by atoms with Crippen LogP contribution in [-0.2, 0) is 6.42 Å². The molecular formula is C21H23N3O3S. The maximum absolute atomic E-state index is 12.4. The lowest BCUT2D eigenvalue weighted by atomic mass is 10.1. The van der Waals surface area contributed by atoms with E-state index in [1.54, 1.807) is 30.0 Å². The van der Waals surface area contributed by atoms with Crippen LogP contribution in [0.2, 0.25) is 0 Å². The van der Waals surface area contributed by atoms with E-state index in [0.717, 1.165) is 18.4 Å². The molecule has 0 atom stereocenters. The molecule has 3 rings (SSSR count). The van der Waals surface area contributed by atoms with Crippen LogP contribution in [0.25, 0.3) is 0 Å². The van der Waals surface area contributed by atoms with E-state index in [0.29, 0.717) is 30.2 Å². The predicted octanol–water partition coefficient (Wildman–Crippen LogP) is 4.81. The molecule has 0 fully saturated rings. The zero-order chi connectivity index (χ0) is 19.8. The maximum Gasteiger partial charge on any atom is 0.322 e. The zero-order valence-electron chi connectivity index (χ0n) is 16.0. The Labute approximate surface area is 168 Å². The molecule has 0 saturated carbocycles. The van der Waals surface area contributed by atoms with Crippen molar-refractivity contribution < 1.29 is 13.9 Å². The van der Waals surface area contributed by atoms with Gasteiger partial charge in [0, 0.05) is 10.5 Å². The summed E-state index contributed by atoms with van der Waals surface area (Å²) in [4.78, 5) is 13.6. The van der Waals surface area contributed by atoms with Gasteiger partial charge in [-0.2, -0.15) is 0 Å². The van der Waals surface area contributed by atoms with Crippen molar-refractivity contribution in [3.8, 4) is 5.75 Å². The van der Waals surface area contributed by atoms with Crippen LogP contribution in [0.3, 0.4) is 0 Å². The predicted molar refractivity (Wildman–Crippen MR) is 110 cm³/mol. The number of nitrogens with one attached hydrogen (secondary N) is 1. The first-order valence-corrected chi connectivity index (χ1v) is 10.4. The van der Waals surface area contributed by atoms with E-state index in [9.17, 15) is 4.79 Å². The third-order valence-electron chi connectivity index (χ3n) is 4.06. The number of hydrogen-bond donors (Lipinski definition) is 1. The molecule has 0 bridgehead atoms. The number of unbranched alkanes of at least 4 members (excludes halogenated alkanes) is 1. The number of benzene rings is 2. The van der Waals surface area contributed by atoms with Gasteiger partial charge in [0.2, 0.25) is 5.89 Å². The Morgan fingerprint density at radius 2 is 2.00 bits per heavy atom. The van der Waals surface area contributed by atoms with Crippen LogP contribution in [0.5, 0.6) is 5.75 Å². The number of anilines is 1. The fraction of sp³-hybridized carbons (Fsp3) is 0.286. The van der Waals surface area contributed by atoms with Gasteiger partial charge in [0.05, 0.1) is 13.0 Å².